The van der Waals surface area contributed by atoms with Crippen LogP contribution in [0.15, 0.2) is 30.6 Å². The fourth-order valence-corrected chi connectivity index (χ4v) is 1.66. The van der Waals surface area contributed by atoms with E-state index in [1.54, 1.807) is 19.5 Å². The normalized spacial score (nSPS) is 10.2. The molecular weight excluding hydrogens is 200 g/mol. The maximum Gasteiger partial charge on any atom is 0.131 e. The third-order valence-corrected chi connectivity index (χ3v) is 2.47. The van der Waals surface area contributed by atoms with Gasteiger partial charge in [-0.15, -0.1) is 0 Å². The topological polar surface area (TPSA) is 35.0 Å². The van der Waals surface area contributed by atoms with Gasteiger partial charge >= 0.3 is 0 Å². The van der Waals surface area contributed by atoms with Gasteiger partial charge in [-0.05, 0) is 25.5 Å². The minimum absolute atomic E-state index is 0.839. The Morgan fingerprint density at radius 2 is 1.88 bits per heavy atom. The summed E-state index contributed by atoms with van der Waals surface area (Å²) in [6.45, 7) is 3.94. The van der Waals surface area contributed by atoms with Gasteiger partial charge in [-0.3, -0.25) is 9.97 Å². The molecule has 0 atom stereocenters. The van der Waals surface area contributed by atoms with Gasteiger partial charge in [-0.25, -0.2) is 0 Å². The van der Waals surface area contributed by atoms with E-state index in [0.29, 0.717) is 0 Å². The number of hydrogen-bond acceptors (Lipinski definition) is 3. The van der Waals surface area contributed by atoms with E-state index in [0.717, 1.165) is 28.3 Å². The molecule has 0 spiro atoms. The molecule has 1 aromatic heterocycles. The average molecular weight is 214 g/mol. The lowest BCUT2D eigenvalue weighted by atomic mass is 10.1. The van der Waals surface area contributed by atoms with Gasteiger partial charge < -0.3 is 4.74 Å². The Morgan fingerprint density at radius 3 is 2.50 bits per heavy atom. The number of aryl methyl sites for hydroxylation is 2. The first-order valence-electron chi connectivity index (χ1n) is 5.15. The zero-order chi connectivity index (χ0) is 11.5. The molecule has 0 aliphatic heterocycles. The first kappa shape index (κ1) is 10.6. The number of nitrogens with zero attached hydrogens (tertiary/aromatic N) is 2. The van der Waals surface area contributed by atoms with E-state index in [1.165, 1.54) is 0 Å². The quantitative estimate of drug-likeness (QED) is 0.771. The van der Waals surface area contributed by atoms with Gasteiger partial charge in [-0.1, -0.05) is 12.1 Å². The summed E-state index contributed by atoms with van der Waals surface area (Å²) in [5, 5.41) is 0. The second-order valence-electron chi connectivity index (χ2n) is 3.70. The lowest BCUT2D eigenvalue weighted by Crippen LogP contribution is -1.94. The predicted octanol–water partition coefficient (Wildman–Crippen LogP) is 2.77. The fourth-order valence-electron chi connectivity index (χ4n) is 1.66. The van der Waals surface area contributed by atoms with E-state index >= 15 is 0 Å². The Labute approximate surface area is 95.1 Å². The van der Waals surface area contributed by atoms with Crippen molar-refractivity contribution in [1.29, 1.82) is 0 Å². The Balaban J connectivity index is 2.55. The van der Waals surface area contributed by atoms with Crippen molar-refractivity contribution in [3.63, 3.8) is 0 Å². The van der Waals surface area contributed by atoms with E-state index in [2.05, 4.69) is 9.97 Å². The molecule has 0 aliphatic rings. The Morgan fingerprint density at radius 1 is 1.06 bits per heavy atom. The van der Waals surface area contributed by atoms with Crippen LogP contribution in [-0.4, -0.2) is 17.1 Å². The number of aromatic nitrogens is 2. The van der Waals surface area contributed by atoms with E-state index in [9.17, 15) is 0 Å². The van der Waals surface area contributed by atoms with Crippen LogP contribution in [0.2, 0.25) is 0 Å². The van der Waals surface area contributed by atoms with E-state index in [1.807, 2.05) is 32.0 Å². The van der Waals surface area contributed by atoms with E-state index < -0.39 is 0 Å². The summed E-state index contributed by atoms with van der Waals surface area (Å²) < 4.78 is 5.39. The van der Waals surface area contributed by atoms with Crippen molar-refractivity contribution in [2.45, 2.75) is 13.8 Å². The minimum Gasteiger partial charge on any atom is -0.496 e. The van der Waals surface area contributed by atoms with Crippen molar-refractivity contribution in [1.82, 2.24) is 9.97 Å². The van der Waals surface area contributed by atoms with Crippen LogP contribution >= 0.6 is 0 Å². The third-order valence-electron chi connectivity index (χ3n) is 2.47. The lowest BCUT2D eigenvalue weighted by molar-refractivity contribution is 0.413. The molecule has 1 heterocycles. The highest BCUT2D eigenvalue weighted by atomic mass is 16.5. The third kappa shape index (κ3) is 1.89. The SMILES string of the molecule is COc1c(C)cccc1-c1cnc(C)cn1. The minimum atomic E-state index is 0.839. The van der Waals surface area contributed by atoms with Gasteiger partial charge in [0.15, 0.2) is 0 Å². The molecular formula is C13H14N2O. The molecule has 16 heavy (non-hydrogen) atoms. The second-order valence-corrected chi connectivity index (χ2v) is 3.70. The van der Waals surface area contributed by atoms with Crippen molar-refractivity contribution in [2.75, 3.05) is 7.11 Å². The molecule has 0 saturated carbocycles. The molecule has 3 nitrogen and oxygen atoms in total. The Bertz CT molecular complexity index is 492. The van der Waals surface area contributed by atoms with Crippen LogP contribution in [-0.2, 0) is 0 Å². The van der Waals surface area contributed by atoms with E-state index in [-0.39, 0.29) is 0 Å². The molecule has 0 unspecified atom stereocenters. The highest BCUT2D eigenvalue weighted by molar-refractivity contribution is 5.68. The molecule has 0 radical (unpaired) electrons. The summed E-state index contributed by atoms with van der Waals surface area (Å²) in [6, 6.07) is 6.00. The molecule has 82 valence electrons. The van der Waals surface area contributed by atoms with Gasteiger partial charge in [0.25, 0.3) is 0 Å². The zero-order valence-corrected chi connectivity index (χ0v) is 9.69. The van der Waals surface area contributed by atoms with Gasteiger partial charge in [-0.2, -0.15) is 0 Å². The van der Waals surface area contributed by atoms with Crippen molar-refractivity contribution < 1.29 is 4.74 Å². The van der Waals surface area contributed by atoms with Gasteiger partial charge in [0.05, 0.1) is 24.7 Å². The number of ether oxygens (including phenoxy) is 1. The van der Waals surface area contributed by atoms with Crippen LogP contribution in [0, 0.1) is 13.8 Å². The second kappa shape index (κ2) is 4.31. The first-order valence-corrected chi connectivity index (χ1v) is 5.15. The molecule has 0 fully saturated rings. The summed E-state index contributed by atoms with van der Waals surface area (Å²) in [6.07, 6.45) is 3.53. The summed E-state index contributed by atoms with van der Waals surface area (Å²) >= 11 is 0. The molecule has 0 saturated heterocycles. The molecule has 1 aromatic carbocycles. The Kier molecular flexibility index (Phi) is 2.86. The van der Waals surface area contributed by atoms with Crippen molar-refractivity contribution in [3.05, 3.63) is 41.9 Å². The maximum atomic E-state index is 5.39. The summed E-state index contributed by atoms with van der Waals surface area (Å²) in [7, 11) is 1.67. The van der Waals surface area contributed by atoms with Crippen molar-refractivity contribution in [2.24, 2.45) is 0 Å². The summed E-state index contributed by atoms with van der Waals surface area (Å²) in [4.78, 5) is 8.60. The van der Waals surface area contributed by atoms with Crippen LogP contribution < -0.4 is 4.74 Å². The largest absolute Gasteiger partial charge is 0.496 e. The molecule has 3 heteroatoms. The zero-order valence-electron chi connectivity index (χ0n) is 9.69. The molecule has 0 bridgehead atoms. The number of methoxy groups -OCH3 is 1. The highest BCUT2D eigenvalue weighted by Crippen LogP contribution is 2.30. The number of para-hydroxylation sites is 1. The standard InChI is InChI=1S/C13H14N2O/c1-9-5-4-6-11(13(9)16-3)12-8-14-10(2)7-15-12/h4-8H,1-3H3. The highest BCUT2D eigenvalue weighted by Gasteiger charge is 2.08. The van der Waals surface area contributed by atoms with Gasteiger partial charge in [0, 0.05) is 11.8 Å². The van der Waals surface area contributed by atoms with Crippen LogP contribution in [0.25, 0.3) is 11.3 Å². The number of hydrogen-bond donors (Lipinski definition) is 0. The monoisotopic (exact) mass is 214 g/mol. The van der Waals surface area contributed by atoms with Crippen molar-refractivity contribution in [3.8, 4) is 17.0 Å². The smallest absolute Gasteiger partial charge is 0.131 e. The molecule has 0 N–H and O–H groups in total. The van der Waals surface area contributed by atoms with Gasteiger partial charge in [0.2, 0.25) is 0 Å². The number of rotatable bonds is 2. The molecule has 0 aliphatic carbocycles. The summed E-state index contributed by atoms with van der Waals surface area (Å²) in [5.41, 5.74) is 3.83. The van der Waals surface area contributed by atoms with Crippen molar-refractivity contribution >= 4 is 0 Å². The fraction of sp³-hybridized carbons (Fsp3) is 0.231. The lowest BCUT2D eigenvalue weighted by Gasteiger charge is -2.10. The molecule has 2 aromatic rings. The molecule has 0 amide bonds. The average Bonchev–Trinajstić information content (AvgIpc) is 2.30. The summed E-state index contributed by atoms with van der Waals surface area (Å²) in [5.74, 6) is 0.862. The number of benzene rings is 1. The van der Waals surface area contributed by atoms with Crippen LogP contribution in [0.5, 0.6) is 5.75 Å². The van der Waals surface area contributed by atoms with Gasteiger partial charge in [0.1, 0.15) is 5.75 Å². The predicted molar refractivity (Wildman–Crippen MR) is 63.5 cm³/mol. The van der Waals surface area contributed by atoms with Crippen LogP contribution in [0.3, 0.4) is 0 Å². The first-order chi connectivity index (χ1) is 7.72. The molecule has 2 rings (SSSR count). The van der Waals surface area contributed by atoms with E-state index in [4.69, 9.17) is 4.74 Å². The maximum absolute atomic E-state index is 5.39. The van der Waals surface area contributed by atoms with Crippen LogP contribution in [0.4, 0.5) is 0 Å². The van der Waals surface area contributed by atoms with Crippen LogP contribution in [0.1, 0.15) is 11.3 Å². The Hall–Kier alpha value is -1.90.